The smallest absolute Gasteiger partial charge is 0.416 e. The molecule has 0 unspecified atom stereocenters. The topological polar surface area (TPSA) is 73.2 Å². The van der Waals surface area contributed by atoms with E-state index < -0.39 is 34.9 Å². The summed E-state index contributed by atoms with van der Waals surface area (Å²) in [6, 6.07) is 28.0. The molecule has 9 rings (SSSR count). The van der Waals surface area contributed by atoms with E-state index in [2.05, 4.69) is 4.90 Å². The number of phenolic OH excluding ortho intramolecular Hbond substituents is 1. The van der Waals surface area contributed by atoms with Gasteiger partial charge in [-0.2, -0.15) is 13.2 Å². The van der Waals surface area contributed by atoms with Crippen molar-refractivity contribution >= 4 is 12.0 Å². The lowest BCUT2D eigenvalue weighted by Crippen LogP contribution is -2.78. The van der Waals surface area contributed by atoms with Crippen molar-refractivity contribution in [2.24, 2.45) is 5.92 Å². The highest BCUT2D eigenvalue weighted by atomic mass is 19.4. The number of rotatable bonds is 9. The Morgan fingerprint density at radius 2 is 1.66 bits per heavy atom. The average molecular weight is 721 g/mol. The molecule has 3 fully saturated rings. The van der Waals surface area contributed by atoms with Gasteiger partial charge in [-0.05, 0) is 97.5 Å². The standard InChI is InChI=1S/C44H43F3N2O4/c45-44(46,47)33-13-7-8-28(24-33)16-19-38(51)49(27-34(30-9-3-1-4-10-30)31-11-5-2-6-12-31)35-20-21-43(52)37-25-32-17-18-36(50)40-39(32)42(43,41(35)53-40)22-23-48(37)26-29-14-15-29/h1-13,16-19,24,29,34-35,37,41,50,52H,14-15,20-23,25-27H2/t35-,37+,41-,42-,43+/m0/s1. The van der Waals surface area contributed by atoms with Crippen LogP contribution in [0.3, 0.4) is 0 Å². The molecule has 1 saturated heterocycles. The number of halogens is 3. The van der Waals surface area contributed by atoms with Crippen LogP contribution in [0, 0.1) is 5.92 Å². The number of aliphatic hydroxyl groups is 1. The van der Waals surface area contributed by atoms with Crippen molar-refractivity contribution < 1.29 is 32.9 Å². The number of carbonyl (C=O) groups is 1. The number of carbonyl (C=O) groups excluding carboxylic acids is 1. The highest BCUT2D eigenvalue weighted by Gasteiger charge is 2.73. The largest absolute Gasteiger partial charge is 0.504 e. The van der Waals surface area contributed by atoms with Gasteiger partial charge in [-0.1, -0.05) is 78.9 Å². The molecule has 4 aromatic rings. The van der Waals surface area contributed by atoms with Gasteiger partial charge in [0.2, 0.25) is 5.91 Å². The number of piperidine rings is 1. The maximum atomic E-state index is 14.8. The Balaban J connectivity index is 1.14. The molecule has 53 heavy (non-hydrogen) atoms. The highest BCUT2D eigenvalue weighted by Crippen LogP contribution is 2.66. The van der Waals surface area contributed by atoms with Crippen molar-refractivity contribution in [1.29, 1.82) is 0 Å². The Kier molecular flexibility index (Phi) is 8.24. The number of nitrogens with zero attached hydrogens (tertiary/aromatic N) is 2. The zero-order valence-corrected chi connectivity index (χ0v) is 29.4. The Labute approximate surface area is 307 Å². The molecule has 4 aromatic carbocycles. The molecule has 1 amide bonds. The molecule has 1 spiro atoms. The number of amides is 1. The molecular weight excluding hydrogens is 677 g/mol. The third-order valence-electron chi connectivity index (χ3n) is 12.8. The zero-order valence-electron chi connectivity index (χ0n) is 29.4. The molecule has 0 aromatic heterocycles. The van der Waals surface area contributed by atoms with Gasteiger partial charge < -0.3 is 19.8 Å². The molecule has 9 heteroatoms. The maximum absolute atomic E-state index is 14.8. The predicted octanol–water partition coefficient (Wildman–Crippen LogP) is 7.72. The number of hydrogen-bond donors (Lipinski definition) is 2. The number of aromatic hydroxyl groups is 1. The van der Waals surface area contributed by atoms with E-state index in [9.17, 15) is 28.2 Å². The van der Waals surface area contributed by atoms with Gasteiger partial charge in [0, 0.05) is 36.7 Å². The van der Waals surface area contributed by atoms with E-state index in [1.54, 1.807) is 12.1 Å². The SMILES string of the molecule is O=C(C=Cc1cccc(C(F)(F)F)c1)N(CC(c1ccccc1)c1ccccc1)[C@H]1CC[C@@]2(O)[C@H]3Cc4ccc(O)c5c4[C@@]2(CCN3CC2CC2)[C@H]1O5. The summed E-state index contributed by atoms with van der Waals surface area (Å²) >= 11 is 0. The summed E-state index contributed by atoms with van der Waals surface area (Å²) in [7, 11) is 0. The molecule has 2 saturated carbocycles. The van der Waals surface area contributed by atoms with Crippen LogP contribution in [0.4, 0.5) is 13.2 Å². The molecule has 274 valence electrons. The lowest BCUT2D eigenvalue weighted by Gasteiger charge is -2.65. The first-order valence-corrected chi connectivity index (χ1v) is 18.8. The first-order chi connectivity index (χ1) is 25.6. The molecule has 5 aliphatic rings. The first-order valence-electron chi connectivity index (χ1n) is 18.8. The normalized spacial score (nSPS) is 27.5. The molecule has 2 heterocycles. The van der Waals surface area contributed by atoms with Gasteiger partial charge in [0.1, 0.15) is 6.10 Å². The predicted molar refractivity (Wildman–Crippen MR) is 195 cm³/mol. The van der Waals surface area contributed by atoms with Crippen molar-refractivity contribution in [3.8, 4) is 11.5 Å². The van der Waals surface area contributed by atoms with Crippen LogP contribution in [0.5, 0.6) is 11.5 Å². The third-order valence-corrected chi connectivity index (χ3v) is 12.8. The number of likely N-dealkylation sites (tertiary alicyclic amines) is 1. The van der Waals surface area contributed by atoms with Crippen LogP contribution in [0.2, 0.25) is 0 Å². The average Bonchev–Trinajstić information content (AvgIpc) is 3.91. The van der Waals surface area contributed by atoms with E-state index in [-0.39, 0.29) is 35.7 Å². The van der Waals surface area contributed by atoms with E-state index in [0.29, 0.717) is 37.4 Å². The molecule has 2 N–H and O–H groups in total. The van der Waals surface area contributed by atoms with Gasteiger partial charge in [-0.25, -0.2) is 0 Å². The van der Waals surface area contributed by atoms with Gasteiger partial charge in [0.15, 0.2) is 11.5 Å². The lowest BCUT2D eigenvalue weighted by atomic mass is 9.48. The summed E-state index contributed by atoms with van der Waals surface area (Å²) in [6.45, 7) is 2.01. The van der Waals surface area contributed by atoms with E-state index in [1.807, 2.05) is 71.6 Å². The fourth-order valence-electron chi connectivity index (χ4n) is 10.2. The Hall–Kier alpha value is -4.60. The summed E-state index contributed by atoms with van der Waals surface area (Å²) in [5, 5.41) is 24.4. The van der Waals surface area contributed by atoms with Crippen molar-refractivity contribution in [2.45, 2.75) is 79.8 Å². The minimum Gasteiger partial charge on any atom is -0.504 e. The Morgan fingerprint density at radius 3 is 2.34 bits per heavy atom. The van der Waals surface area contributed by atoms with Crippen LogP contribution in [0.15, 0.2) is 103 Å². The van der Waals surface area contributed by atoms with Crippen LogP contribution >= 0.6 is 0 Å². The lowest BCUT2D eigenvalue weighted by molar-refractivity contribution is -0.201. The monoisotopic (exact) mass is 720 g/mol. The van der Waals surface area contributed by atoms with E-state index >= 15 is 0 Å². The second-order valence-electron chi connectivity index (χ2n) is 15.7. The van der Waals surface area contributed by atoms with Gasteiger partial charge in [0.25, 0.3) is 0 Å². The molecule has 5 atom stereocenters. The van der Waals surface area contributed by atoms with Gasteiger partial charge in [-0.3, -0.25) is 9.69 Å². The summed E-state index contributed by atoms with van der Waals surface area (Å²) < 4.78 is 47.7. The van der Waals surface area contributed by atoms with Gasteiger partial charge in [-0.15, -0.1) is 0 Å². The van der Waals surface area contributed by atoms with E-state index in [0.717, 1.165) is 47.5 Å². The fraction of sp³-hybridized carbons (Fsp3) is 0.386. The number of benzene rings is 4. The van der Waals surface area contributed by atoms with Crippen LogP contribution in [-0.4, -0.2) is 69.3 Å². The second kappa shape index (κ2) is 12.8. The molecule has 2 bridgehead atoms. The molecule has 3 aliphatic carbocycles. The Morgan fingerprint density at radius 1 is 0.943 bits per heavy atom. The number of phenols is 1. The Bertz CT molecular complexity index is 2010. The molecule has 2 aliphatic heterocycles. The van der Waals surface area contributed by atoms with Crippen LogP contribution in [0.25, 0.3) is 6.08 Å². The minimum atomic E-state index is -4.51. The molecule has 0 radical (unpaired) electrons. The quantitative estimate of drug-likeness (QED) is 0.173. The van der Waals surface area contributed by atoms with Crippen molar-refractivity contribution in [2.75, 3.05) is 19.6 Å². The van der Waals surface area contributed by atoms with Gasteiger partial charge >= 0.3 is 6.18 Å². The zero-order chi connectivity index (χ0) is 36.5. The van der Waals surface area contributed by atoms with E-state index in [4.69, 9.17) is 4.74 Å². The molecular formula is C44H43F3N2O4. The van der Waals surface area contributed by atoms with E-state index in [1.165, 1.54) is 31.1 Å². The third kappa shape index (κ3) is 5.66. The van der Waals surface area contributed by atoms with Crippen molar-refractivity contribution in [3.05, 3.63) is 137 Å². The van der Waals surface area contributed by atoms with Crippen molar-refractivity contribution in [3.63, 3.8) is 0 Å². The summed E-state index contributed by atoms with van der Waals surface area (Å²) in [5.74, 6) is 0.506. The summed E-state index contributed by atoms with van der Waals surface area (Å²) in [4.78, 5) is 19.1. The molecule has 6 nitrogen and oxygen atoms in total. The summed E-state index contributed by atoms with van der Waals surface area (Å²) in [6.07, 6.45) is 2.28. The van der Waals surface area contributed by atoms with Gasteiger partial charge in [0.05, 0.1) is 22.6 Å². The van der Waals surface area contributed by atoms with Crippen molar-refractivity contribution in [1.82, 2.24) is 9.80 Å². The fourth-order valence-corrected chi connectivity index (χ4v) is 10.2. The maximum Gasteiger partial charge on any atom is 0.416 e. The van der Waals surface area contributed by atoms with Crippen LogP contribution < -0.4 is 4.74 Å². The number of alkyl halides is 3. The summed E-state index contributed by atoms with van der Waals surface area (Å²) in [5.41, 5.74) is 1.50. The highest BCUT2D eigenvalue weighted by molar-refractivity contribution is 5.92. The number of hydrogen-bond acceptors (Lipinski definition) is 5. The van der Waals surface area contributed by atoms with Crippen LogP contribution in [0.1, 0.15) is 71.4 Å². The minimum absolute atomic E-state index is 0.0289. The van der Waals surface area contributed by atoms with Crippen LogP contribution in [-0.2, 0) is 22.8 Å². The second-order valence-corrected chi connectivity index (χ2v) is 15.7. The first kappa shape index (κ1) is 34.2. The number of ether oxygens (including phenoxy) is 1.